The highest BCUT2D eigenvalue weighted by Crippen LogP contribution is 2.18. The summed E-state index contributed by atoms with van der Waals surface area (Å²) in [4.78, 5) is 22.7. The first-order chi connectivity index (χ1) is 12.2. The van der Waals surface area contributed by atoms with Gasteiger partial charge in [-0.3, -0.25) is 9.69 Å². The molecule has 1 amide bonds. The van der Waals surface area contributed by atoms with E-state index in [0.29, 0.717) is 23.1 Å². The Labute approximate surface area is 151 Å². The predicted molar refractivity (Wildman–Crippen MR) is 96.4 cm³/mol. The number of morpholine rings is 1. The van der Waals surface area contributed by atoms with Crippen LogP contribution in [0.4, 0.5) is 11.5 Å². The largest absolute Gasteiger partial charge is 0.379 e. The van der Waals surface area contributed by atoms with Gasteiger partial charge in [0.2, 0.25) is 0 Å². The number of nitrogens with zero attached hydrogens (tertiary/aromatic N) is 3. The van der Waals surface area contributed by atoms with E-state index >= 15 is 0 Å². The molecule has 0 atom stereocenters. The Hall–Kier alpha value is -2.22. The van der Waals surface area contributed by atoms with Crippen LogP contribution in [0.5, 0.6) is 0 Å². The molecule has 3 rings (SSSR count). The molecule has 0 radical (unpaired) electrons. The van der Waals surface area contributed by atoms with Gasteiger partial charge in [-0.25, -0.2) is 9.97 Å². The Kier molecular flexibility index (Phi) is 6.16. The molecule has 0 aliphatic carbocycles. The Morgan fingerprint density at radius 1 is 1.24 bits per heavy atom. The summed E-state index contributed by atoms with van der Waals surface area (Å²) in [5.41, 5.74) is 1.12. The number of anilines is 2. The van der Waals surface area contributed by atoms with Crippen LogP contribution in [-0.2, 0) is 4.74 Å². The van der Waals surface area contributed by atoms with Crippen LogP contribution < -0.4 is 10.6 Å². The number of carbonyl (C=O) groups is 1. The molecule has 25 heavy (non-hydrogen) atoms. The predicted octanol–water partition coefficient (Wildman–Crippen LogP) is 1.94. The van der Waals surface area contributed by atoms with Crippen LogP contribution in [0.25, 0.3) is 0 Å². The zero-order chi connectivity index (χ0) is 17.5. The molecular formula is C17H20ClN5O2. The van der Waals surface area contributed by atoms with Gasteiger partial charge in [-0.2, -0.15) is 0 Å². The van der Waals surface area contributed by atoms with E-state index in [-0.39, 0.29) is 5.91 Å². The fourth-order valence-electron chi connectivity index (χ4n) is 2.51. The van der Waals surface area contributed by atoms with Crippen LogP contribution >= 0.6 is 11.6 Å². The number of halogens is 1. The molecule has 0 unspecified atom stereocenters. The number of ether oxygens (including phenoxy) is 1. The molecule has 8 heteroatoms. The number of hydrogen-bond acceptors (Lipinski definition) is 6. The van der Waals surface area contributed by atoms with Crippen LogP contribution in [0, 0.1) is 0 Å². The Morgan fingerprint density at radius 3 is 2.88 bits per heavy atom. The van der Waals surface area contributed by atoms with E-state index in [9.17, 15) is 4.79 Å². The summed E-state index contributed by atoms with van der Waals surface area (Å²) in [6.45, 7) is 4.67. The van der Waals surface area contributed by atoms with Crippen molar-refractivity contribution in [1.82, 2.24) is 20.2 Å². The van der Waals surface area contributed by atoms with Crippen molar-refractivity contribution in [2.75, 3.05) is 44.7 Å². The summed E-state index contributed by atoms with van der Waals surface area (Å²) in [5, 5.41) is 6.62. The average molecular weight is 362 g/mol. The van der Waals surface area contributed by atoms with Gasteiger partial charge in [-0.1, -0.05) is 17.7 Å². The van der Waals surface area contributed by atoms with Crippen molar-refractivity contribution in [3.8, 4) is 0 Å². The molecule has 7 nitrogen and oxygen atoms in total. The van der Waals surface area contributed by atoms with Crippen molar-refractivity contribution >= 4 is 29.0 Å². The molecule has 0 saturated carbocycles. The lowest BCUT2D eigenvalue weighted by molar-refractivity contribution is 0.0383. The zero-order valence-corrected chi connectivity index (χ0v) is 14.5. The van der Waals surface area contributed by atoms with Crippen molar-refractivity contribution in [3.63, 3.8) is 0 Å². The number of amides is 1. The SMILES string of the molecule is O=C(NCCN1CCOCC1)c1cc(Nc2cccc(Cl)c2)ncn1. The van der Waals surface area contributed by atoms with Gasteiger partial charge < -0.3 is 15.4 Å². The zero-order valence-electron chi connectivity index (χ0n) is 13.7. The summed E-state index contributed by atoms with van der Waals surface area (Å²) in [6, 6.07) is 8.90. The van der Waals surface area contributed by atoms with Gasteiger partial charge in [0.1, 0.15) is 17.8 Å². The maximum Gasteiger partial charge on any atom is 0.270 e. The number of aromatic nitrogens is 2. The van der Waals surface area contributed by atoms with Crippen molar-refractivity contribution in [3.05, 3.63) is 47.4 Å². The second-order valence-corrected chi connectivity index (χ2v) is 6.07. The number of benzene rings is 1. The normalized spacial score (nSPS) is 14.9. The summed E-state index contributed by atoms with van der Waals surface area (Å²) in [5.74, 6) is 0.320. The van der Waals surface area contributed by atoms with Gasteiger partial charge in [0, 0.05) is 43.0 Å². The third-order valence-corrected chi connectivity index (χ3v) is 4.05. The maximum absolute atomic E-state index is 12.3. The molecule has 1 aliphatic rings. The van der Waals surface area contributed by atoms with Crippen LogP contribution in [0.3, 0.4) is 0 Å². The maximum atomic E-state index is 12.3. The van der Waals surface area contributed by atoms with Crippen molar-refractivity contribution in [1.29, 1.82) is 0 Å². The van der Waals surface area contributed by atoms with Gasteiger partial charge in [0.25, 0.3) is 5.91 Å². The fraction of sp³-hybridized carbons (Fsp3) is 0.353. The molecule has 0 bridgehead atoms. The number of carbonyl (C=O) groups excluding carboxylic acids is 1. The molecule has 1 aliphatic heterocycles. The van der Waals surface area contributed by atoms with Crippen LogP contribution in [0.2, 0.25) is 5.02 Å². The van der Waals surface area contributed by atoms with E-state index in [4.69, 9.17) is 16.3 Å². The van der Waals surface area contributed by atoms with Crippen LogP contribution in [-0.4, -0.2) is 60.2 Å². The van der Waals surface area contributed by atoms with Gasteiger partial charge in [0.05, 0.1) is 13.2 Å². The second-order valence-electron chi connectivity index (χ2n) is 5.63. The van der Waals surface area contributed by atoms with E-state index in [1.807, 2.05) is 12.1 Å². The smallest absolute Gasteiger partial charge is 0.270 e. The molecule has 1 fully saturated rings. The first-order valence-electron chi connectivity index (χ1n) is 8.14. The minimum atomic E-state index is -0.218. The first kappa shape index (κ1) is 17.6. The summed E-state index contributed by atoms with van der Waals surface area (Å²) < 4.78 is 5.30. The van der Waals surface area contributed by atoms with Gasteiger partial charge in [-0.05, 0) is 18.2 Å². The summed E-state index contributed by atoms with van der Waals surface area (Å²) in [7, 11) is 0. The average Bonchev–Trinajstić information content (AvgIpc) is 2.63. The topological polar surface area (TPSA) is 79.4 Å². The van der Waals surface area contributed by atoms with Crippen LogP contribution in [0.1, 0.15) is 10.5 Å². The van der Waals surface area contributed by atoms with Crippen molar-refractivity contribution in [2.45, 2.75) is 0 Å². The third-order valence-electron chi connectivity index (χ3n) is 3.81. The fourth-order valence-corrected chi connectivity index (χ4v) is 2.70. The highest BCUT2D eigenvalue weighted by atomic mass is 35.5. The van der Waals surface area contributed by atoms with Gasteiger partial charge in [0.15, 0.2) is 0 Å². The molecule has 2 N–H and O–H groups in total. The lowest BCUT2D eigenvalue weighted by Gasteiger charge is -2.26. The van der Waals surface area contributed by atoms with E-state index in [0.717, 1.165) is 38.5 Å². The number of nitrogens with one attached hydrogen (secondary N) is 2. The van der Waals surface area contributed by atoms with Crippen LogP contribution in [0.15, 0.2) is 36.7 Å². The van der Waals surface area contributed by atoms with E-state index in [2.05, 4.69) is 25.5 Å². The third kappa shape index (κ3) is 5.38. The minimum Gasteiger partial charge on any atom is -0.379 e. The Morgan fingerprint density at radius 2 is 2.08 bits per heavy atom. The van der Waals surface area contributed by atoms with E-state index in [1.165, 1.54) is 6.33 Å². The Bertz CT molecular complexity index is 722. The molecule has 1 saturated heterocycles. The van der Waals surface area contributed by atoms with Crippen molar-refractivity contribution in [2.24, 2.45) is 0 Å². The first-order valence-corrected chi connectivity index (χ1v) is 8.51. The molecule has 2 aromatic rings. The molecule has 1 aromatic carbocycles. The lowest BCUT2D eigenvalue weighted by atomic mass is 10.3. The highest BCUT2D eigenvalue weighted by Gasteiger charge is 2.12. The van der Waals surface area contributed by atoms with Gasteiger partial charge in [-0.15, -0.1) is 0 Å². The van der Waals surface area contributed by atoms with Crippen molar-refractivity contribution < 1.29 is 9.53 Å². The molecule has 2 heterocycles. The Balaban J connectivity index is 1.54. The summed E-state index contributed by atoms with van der Waals surface area (Å²) in [6.07, 6.45) is 1.36. The lowest BCUT2D eigenvalue weighted by Crippen LogP contribution is -2.41. The monoisotopic (exact) mass is 361 g/mol. The highest BCUT2D eigenvalue weighted by molar-refractivity contribution is 6.30. The van der Waals surface area contributed by atoms with Gasteiger partial charge >= 0.3 is 0 Å². The number of rotatable bonds is 6. The van der Waals surface area contributed by atoms with E-state index < -0.39 is 0 Å². The standard InChI is InChI=1S/C17H20ClN5O2/c18-13-2-1-3-14(10-13)22-16-11-15(20-12-21-16)17(24)19-4-5-23-6-8-25-9-7-23/h1-3,10-12H,4-9H2,(H,19,24)(H,20,21,22). The molecule has 0 spiro atoms. The molecular weight excluding hydrogens is 342 g/mol. The quantitative estimate of drug-likeness (QED) is 0.818. The minimum absolute atomic E-state index is 0.218. The molecule has 132 valence electrons. The van der Waals surface area contributed by atoms with E-state index in [1.54, 1.807) is 18.2 Å². The summed E-state index contributed by atoms with van der Waals surface area (Å²) >= 11 is 5.97. The second kappa shape index (κ2) is 8.75. The number of hydrogen-bond donors (Lipinski definition) is 2. The molecule has 1 aromatic heterocycles.